The minimum atomic E-state index is -0.625. The number of nitrogens with one attached hydrogen (secondary N) is 2. The van der Waals surface area contributed by atoms with Crippen LogP contribution in [0.3, 0.4) is 0 Å². The van der Waals surface area contributed by atoms with Crippen LogP contribution in [0, 0.1) is 11.3 Å². The third-order valence-electron chi connectivity index (χ3n) is 2.37. The molecule has 7 heteroatoms. The lowest BCUT2D eigenvalue weighted by atomic mass is 10.1. The summed E-state index contributed by atoms with van der Waals surface area (Å²) in [5, 5.41) is 13.5. The van der Waals surface area contributed by atoms with E-state index in [2.05, 4.69) is 10.6 Å². The van der Waals surface area contributed by atoms with Gasteiger partial charge in [-0.15, -0.1) is 0 Å². The van der Waals surface area contributed by atoms with Gasteiger partial charge in [-0.1, -0.05) is 0 Å². The molecule has 4 N–H and O–H groups in total. The van der Waals surface area contributed by atoms with E-state index in [-0.39, 0.29) is 31.3 Å². The summed E-state index contributed by atoms with van der Waals surface area (Å²) in [6.07, 6.45) is 0.0509. The second-order valence-corrected chi connectivity index (χ2v) is 3.94. The van der Waals surface area contributed by atoms with Crippen LogP contribution < -0.4 is 16.4 Å². The molecule has 0 aliphatic rings. The largest absolute Gasteiger partial charge is 0.368 e. The van der Waals surface area contributed by atoms with Crippen LogP contribution in [0.1, 0.15) is 22.3 Å². The molecule has 3 amide bonds. The third kappa shape index (κ3) is 5.18. The Labute approximate surface area is 115 Å². The number of amides is 3. The van der Waals surface area contributed by atoms with Gasteiger partial charge < -0.3 is 16.4 Å². The van der Waals surface area contributed by atoms with Gasteiger partial charge in [0, 0.05) is 18.5 Å². The molecule has 1 aromatic rings. The Morgan fingerprint density at radius 1 is 1.15 bits per heavy atom. The van der Waals surface area contributed by atoms with Crippen LogP contribution in [0.25, 0.3) is 0 Å². The number of carbonyl (C=O) groups is 3. The number of hydrogen-bond donors (Lipinski definition) is 3. The van der Waals surface area contributed by atoms with Gasteiger partial charge in [0.1, 0.15) is 0 Å². The molecule has 0 heterocycles. The molecule has 20 heavy (non-hydrogen) atoms. The average molecular weight is 274 g/mol. The number of benzene rings is 1. The smallest absolute Gasteiger partial charge is 0.251 e. The van der Waals surface area contributed by atoms with E-state index < -0.39 is 5.91 Å². The number of nitrogens with two attached hydrogens (primary N) is 1. The zero-order valence-electron chi connectivity index (χ0n) is 10.7. The molecule has 104 valence electrons. The summed E-state index contributed by atoms with van der Waals surface area (Å²) < 4.78 is 0. The molecule has 0 saturated carbocycles. The quantitative estimate of drug-likeness (QED) is 0.633. The molecule has 0 radical (unpaired) electrons. The minimum Gasteiger partial charge on any atom is -0.368 e. The van der Waals surface area contributed by atoms with Crippen molar-refractivity contribution in [3.05, 3.63) is 35.4 Å². The summed E-state index contributed by atoms with van der Waals surface area (Å²) in [5.41, 5.74) is 5.74. The lowest BCUT2D eigenvalue weighted by molar-refractivity contribution is -0.124. The zero-order valence-corrected chi connectivity index (χ0v) is 10.7. The molecule has 1 aromatic carbocycles. The molecule has 0 spiro atoms. The summed E-state index contributed by atoms with van der Waals surface area (Å²) in [4.78, 5) is 33.4. The lowest BCUT2D eigenvalue weighted by Gasteiger charge is -2.05. The summed E-state index contributed by atoms with van der Waals surface area (Å²) in [7, 11) is 0. The van der Waals surface area contributed by atoms with Gasteiger partial charge in [0.05, 0.1) is 18.2 Å². The second kappa shape index (κ2) is 7.53. The predicted molar refractivity (Wildman–Crippen MR) is 70.3 cm³/mol. The minimum absolute atomic E-state index is 0.0509. The zero-order chi connectivity index (χ0) is 15.0. The number of carbonyl (C=O) groups excluding carboxylic acids is 3. The number of nitriles is 1. The number of hydrogen-bond acceptors (Lipinski definition) is 4. The molecule has 0 fully saturated rings. The van der Waals surface area contributed by atoms with Crippen molar-refractivity contribution in [2.75, 3.05) is 13.1 Å². The van der Waals surface area contributed by atoms with Crippen molar-refractivity contribution in [2.24, 2.45) is 5.73 Å². The van der Waals surface area contributed by atoms with Gasteiger partial charge >= 0.3 is 0 Å². The van der Waals surface area contributed by atoms with E-state index in [9.17, 15) is 14.4 Å². The topological polar surface area (TPSA) is 125 Å². The Kier molecular flexibility index (Phi) is 5.72. The standard InChI is InChI=1S/C13H14N4O3/c14-7-9-1-3-10(4-2-9)13(20)16-6-5-12(19)17-8-11(15)18/h1-4H,5-6,8H2,(H2,15,18)(H,16,20)(H,17,19). The second-order valence-electron chi connectivity index (χ2n) is 3.94. The van der Waals surface area contributed by atoms with Crippen molar-refractivity contribution >= 4 is 17.7 Å². The molecule has 0 unspecified atom stereocenters. The van der Waals surface area contributed by atoms with Crippen LogP contribution in [0.2, 0.25) is 0 Å². The molecule has 0 saturated heterocycles. The normalized spacial score (nSPS) is 9.35. The van der Waals surface area contributed by atoms with Crippen molar-refractivity contribution < 1.29 is 14.4 Å². The lowest BCUT2D eigenvalue weighted by Crippen LogP contribution is -2.35. The summed E-state index contributed by atoms with van der Waals surface area (Å²) in [6.45, 7) is -0.0775. The fourth-order valence-corrected chi connectivity index (χ4v) is 1.36. The van der Waals surface area contributed by atoms with Crippen LogP contribution in [0.4, 0.5) is 0 Å². The highest BCUT2D eigenvalue weighted by atomic mass is 16.2. The number of primary amides is 1. The van der Waals surface area contributed by atoms with Crippen LogP contribution >= 0.6 is 0 Å². The molecule has 0 atom stereocenters. The molecular weight excluding hydrogens is 260 g/mol. The van der Waals surface area contributed by atoms with Gasteiger partial charge in [-0.2, -0.15) is 5.26 Å². The maximum absolute atomic E-state index is 11.7. The van der Waals surface area contributed by atoms with Crippen LogP contribution in [-0.4, -0.2) is 30.8 Å². The van der Waals surface area contributed by atoms with Crippen molar-refractivity contribution in [3.63, 3.8) is 0 Å². The SMILES string of the molecule is N#Cc1ccc(C(=O)NCCC(=O)NCC(N)=O)cc1. The molecule has 1 rings (SSSR count). The van der Waals surface area contributed by atoms with Crippen LogP contribution in [-0.2, 0) is 9.59 Å². The highest BCUT2D eigenvalue weighted by Gasteiger charge is 2.07. The summed E-state index contributed by atoms with van der Waals surface area (Å²) in [5.74, 6) is -1.33. The first-order valence-corrected chi connectivity index (χ1v) is 5.86. The maximum atomic E-state index is 11.7. The fourth-order valence-electron chi connectivity index (χ4n) is 1.36. The van der Waals surface area contributed by atoms with E-state index in [4.69, 9.17) is 11.0 Å². The molecule has 0 aromatic heterocycles. The van der Waals surface area contributed by atoms with E-state index in [1.807, 2.05) is 6.07 Å². The predicted octanol–water partition coefficient (Wildman–Crippen LogP) is -0.720. The Morgan fingerprint density at radius 2 is 1.80 bits per heavy atom. The first kappa shape index (κ1) is 15.2. The van der Waals surface area contributed by atoms with E-state index in [1.165, 1.54) is 24.3 Å². The Hall–Kier alpha value is -2.88. The van der Waals surface area contributed by atoms with E-state index in [0.717, 1.165) is 0 Å². The fraction of sp³-hybridized carbons (Fsp3) is 0.231. The Balaban J connectivity index is 2.34. The molecule has 0 aliphatic heterocycles. The third-order valence-corrected chi connectivity index (χ3v) is 2.37. The first-order valence-electron chi connectivity index (χ1n) is 5.86. The first-order chi connectivity index (χ1) is 9.52. The summed E-state index contributed by atoms with van der Waals surface area (Å²) in [6, 6.07) is 8.08. The molecule has 7 nitrogen and oxygen atoms in total. The van der Waals surface area contributed by atoms with Crippen molar-refractivity contribution in [1.29, 1.82) is 5.26 Å². The molecule has 0 bridgehead atoms. The van der Waals surface area contributed by atoms with Gasteiger partial charge in [-0.05, 0) is 24.3 Å². The molecular formula is C13H14N4O3. The van der Waals surface area contributed by atoms with E-state index >= 15 is 0 Å². The van der Waals surface area contributed by atoms with Crippen molar-refractivity contribution in [2.45, 2.75) is 6.42 Å². The van der Waals surface area contributed by atoms with Gasteiger partial charge in [0.15, 0.2) is 0 Å². The van der Waals surface area contributed by atoms with Gasteiger partial charge in [-0.3, -0.25) is 14.4 Å². The van der Waals surface area contributed by atoms with Crippen LogP contribution in [0.5, 0.6) is 0 Å². The summed E-state index contributed by atoms with van der Waals surface area (Å²) >= 11 is 0. The van der Waals surface area contributed by atoms with Gasteiger partial charge in [0.2, 0.25) is 11.8 Å². The number of nitrogens with zero attached hydrogens (tertiary/aromatic N) is 1. The monoisotopic (exact) mass is 274 g/mol. The van der Waals surface area contributed by atoms with Gasteiger partial charge in [-0.25, -0.2) is 0 Å². The van der Waals surface area contributed by atoms with Crippen LogP contribution in [0.15, 0.2) is 24.3 Å². The Morgan fingerprint density at radius 3 is 2.35 bits per heavy atom. The average Bonchev–Trinajstić information content (AvgIpc) is 2.45. The maximum Gasteiger partial charge on any atom is 0.251 e. The number of rotatable bonds is 6. The van der Waals surface area contributed by atoms with Crippen molar-refractivity contribution in [1.82, 2.24) is 10.6 Å². The van der Waals surface area contributed by atoms with Crippen molar-refractivity contribution in [3.8, 4) is 6.07 Å². The van der Waals surface area contributed by atoms with Gasteiger partial charge in [0.25, 0.3) is 5.91 Å². The van der Waals surface area contributed by atoms with E-state index in [0.29, 0.717) is 11.1 Å². The molecule has 0 aliphatic carbocycles. The highest BCUT2D eigenvalue weighted by Crippen LogP contribution is 2.02. The Bertz CT molecular complexity index is 546. The highest BCUT2D eigenvalue weighted by molar-refractivity contribution is 5.94. The van der Waals surface area contributed by atoms with E-state index in [1.54, 1.807) is 0 Å².